The van der Waals surface area contributed by atoms with Gasteiger partial charge in [-0.05, 0) is 40.1 Å². The van der Waals surface area contributed by atoms with Crippen LogP contribution in [-0.4, -0.2) is 76.8 Å². The van der Waals surface area contributed by atoms with Crippen molar-refractivity contribution in [2.24, 2.45) is 0 Å². The van der Waals surface area contributed by atoms with Crippen molar-refractivity contribution in [2.75, 3.05) is 31.5 Å². The number of ether oxygens (including phenoxy) is 1. The highest BCUT2D eigenvalue weighted by molar-refractivity contribution is 5.99. The summed E-state index contributed by atoms with van der Waals surface area (Å²) >= 11 is 0. The van der Waals surface area contributed by atoms with Crippen molar-refractivity contribution < 1.29 is 19.1 Å². The van der Waals surface area contributed by atoms with Crippen molar-refractivity contribution in [3.63, 3.8) is 0 Å². The summed E-state index contributed by atoms with van der Waals surface area (Å²) in [6.45, 7) is 1.99. The standard InChI is InChI=1S/C35H34N4O4/c40-33(36-28-13-5-2-6-14-28)32(27-16-15-25-11-7-8-12-26(25)19-27)37-17-18-38-31(22-37)35(42)39-21-29(20-30(39)34(38)41)43-23-24-9-3-1-4-10-24/h1-16,19,29-32H,17-18,20-23H2,(H,36,40)/t29-,30+,31?,32?/m1/s1. The van der Waals surface area contributed by atoms with Crippen molar-refractivity contribution in [1.29, 1.82) is 0 Å². The number of anilines is 1. The third-order valence-corrected chi connectivity index (χ3v) is 8.88. The maximum absolute atomic E-state index is 13.9. The van der Waals surface area contributed by atoms with Crippen LogP contribution in [0.2, 0.25) is 0 Å². The Kier molecular flexibility index (Phi) is 7.39. The van der Waals surface area contributed by atoms with Gasteiger partial charge in [0.25, 0.3) is 0 Å². The molecular weight excluding hydrogens is 540 g/mol. The van der Waals surface area contributed by atoms with Crippen LogP contribution >= 0.6 is 0 Å². The second-order valence-corrected chi connectivity index (χ2v) is 11.6. The Balaban J connectivity index is 1.12. The van der Waals surface area contributed by atoms with E-state index < -0.39 is 18.1 Å². The predicted molar refractivity (Wildman–Crippen MR) is 164 cm³/mol. The van der Waals surface area contributed by atoms with Gasteiger partial charge in [-0.2, -0.15) is 0 Å². The number of para-hydroxylation sites is 1. The van der Waals surface area contributed by atoms with Gasteiger partial charge in [0.1, 0.15) is 18.1 Å². The molecule has 1 N–H and O–H groups in total. The number of piperazine rings is 2. The van der Waals surface area contributed by atoms with Crippen molar-refractivity contribution >= 4 is 34.2 Å². The van der Waals surface area contributed by atoms with E-state index in [2.05, 4.69) is 16.3 Å². The van der Waals surface area contributed by atoms with Gasteiger partial charge in [-0.25, -0.2) is 0 Å². The number of nitrogens with one attached hydrogen (secondary N) is 1. The first-order valence-corrected chi connectivity index (χ1v) is 14.9. The van der Waals surface area contributed by atoms with E-state index in [1.807, 2.05) is 97.1 Å². The van der Waals surface area contributed by atoms with Crippen LogP contribution in [0.5, 0.6) is 0 Å². The van der Waals surface area contributed by atoms with Gasteiger partial charge >= 0.3 is 0 Å². The molecule has 8 nitrogen and oxygen atoms in total. The maximum atomic E-state index is 13.9. The summed E-state index contributed by atoms with van der Waals surface area (Å²) in [4.78, 5) is 47.0. The summed E-state index contributed by atoms with van der Waals surface area (Å²) in [6, 6.07) is 31.7. The Hall–Kier alpha value is -4.53. The summed E-state index contributed by atoms with van der Waals surface area (Å²) in [6.07, 6.45) is 0.307. The zero-order valence-electron chi connectivity index (χ0n) is 23.8. The number of benzene rings is 4. The van der Waals surface area contributed by atoms with Crippen molar-refractivity contribution in [1.82, 2.24) is 14.7 Å². The monoisotopic (exact) mass is 574 g/mol. The molecule has 4 atom stereocenters. The smallest absolute Gasteiger partial charge is 0.247 e. The molecule has 0 aromatic heterocycles. The molecule has 7 rings (SSSR count). The lowest BCUT2D eigenvalue weighted by Crippen LogP contribution is -2.69. The Morgan fingerprint density at radius 3 is 2.26 bits per heavy atom. The second kappa shape index (κ2) is 11.6. The van der Waals surface area contributed by atoms with Crippen LogP contribution in [0.4, 0.5) is 5.69 Å². The summed E-state index contributed by atoms with van der Waals surface area (Å²) in [5.74, 6) is -0.259. The van der Waals surface area contributed by atoms with Gasteiger partial charge < -0.3 is 19.9 Å². The molecule has 0 saturated carbocycles. The van der Waals surface area contributed by atoms with Gasteiger partial charge in [0.2, 0.25) is 17.7 Å². The molecule has 43 heavy (non-hydrogen) atoms. The lowest BCUT2D eigenvalue weighted by molar-refractivity contribution is -0.164. The molecule has 3 aliphatic rings. The number of rotatable bonds is 7. The Labute approximate surface area is 250 Å². The molecule has 3 heterocycles. The second-order valence-electron chi connectivity index (χ2n) is 11.6. The summed E-state index contributed by atoms with van der Waals surface area (Å²) in [5, 5.41) is 5.21. The quantitative estimate of drug-likeness (QED) is 0.357. The minimum absolute atomic E-state index is 0.0222. The third-order valence-electron chi connectivity index (χ3n) is 8.88. The van der Waals surface area contributed by atoms with E-state index in [-0.39, 0.29) is 30.4 Å². The normalized spacial score (nSPS) is 22.7. The summed E-state index contributed by atoms with van der Waals surface area (Å²) < 4.78 is 6.14. The van der Waals surface area contributed by atoms with Gasteiger partial charge in [-0.3, -0.25) is 19.3 Å². The third kappa shape index (κ3) is 5.40. The van der Waals surface area contributed by atoms with Gasteiger partial charge in [-0.15, -0.1) is 0 Å². The molecule has 0 bridgehead atoms. The molecule has 8 heteroatoms. The fourth-order valence-electron chi connectivity index (χ4n) is 6.72. The lowest BCUT2D eigenvalue weighted by Gasteiger charge is -2.48. The van der Waals surface area contributed by atoms with Crippen molar-refractivity contribution in [3.8, 4) is 0 Å². The van der Waals surface area contributed by atoms with Crippen LogP contribution in [0.15, 0.2) is 103 Å². The molecule has 0 aliphatic carbocycles. The number of fused-ring (bicyclic) bond motifs is 3. The van der Waals surface area contributed by atoms with Crippen LogP contribution in [-0.2, 0) is 25.7 Å². The van der Waals surface area contributed by atoms with Crippen LogP contribution in [0.1, 0.15) is 23.6 Å². The van der Waals surface area contributed by atoms with Crippen molar-refractivity contribution in [2.45, 2.75) is 37.3 Å². The average Bonchev–Trinajstić information content (AvgIpc) is 3.49. The van der Waals surface area contributed by atoms with Gasteiger partial charge in [0.05, 0.1) is 12.7 Å². The number of amides is 3. The number of hydrogen-bond acceptors (Lipinski definition) is 5. The minimum Gasteiger partial charge on any atom is -0.372 e. The Bertz CT molecular complexity index is 1650. The molecule has 4 aromatic rings. The minimum atomic E-state index is -0.641. The molecular formula is C35H34N4O4. The summed E-state index contributed by atoms with van der Waals surface area (Å²) in [5.41, 5.74) is 2.62. The molecule has 3 amide bonds. The van der Waals surface area contributed by atoms with Crippen LogP contribution in [0.3, 0.4) is 0 Å². The van der Waals surface area contributed by atoms with E-state index >= 15 is 0 Å². The van der Waals surface area contributed by atoms with Crippen LogP contribution in [0, 0.1) is 0 Å². The van der Waals surface area contributed by atoms with Gasteiger partial charge in [0, 0.05) is 38.3 Å². The fraction of sp³-hybridized carbons (Fsp3) is 0.286. The van der Waals surface area contributed by atoms with Crippen LogP contribution in [0.25, 0.3) is 10.8 Å². The fourth-order valence-corrected chi connectivity index (χ4v) is 6.72. The van der Waals surface area contributed by atoms with Gasteiger partial charge in [0.15, 0.2) is 0 Å². The molecule has 218 valence electrons. The largest absolute Gasteiger partial charge is 0.372 e. The average molecular weight is 575 g/mol. The van der Waals surface area contributed by atoms with Gasteiger partial charge in [-0.1, -0.05) is 84.9 Å². The zero-order valence-corrected chi connectivity index (χ0v) is 23.8. The molecule has 0 radical (unpaired) electrons. The molecule has 2 unspecified atom stereocenters. The Morgan fingerprint density at radius 1 is 0.767 bits per heavy atom. The van der Waals surface area contributed by atoms with Crippen LogP contribution < -0.4 is 5.32 Å². The molecule has 4 aromatic carbocycles. The molecule has 3 fully saturated rings. The SMILES string of the molecule is O=C(Nc1ccccc1)C(c1ccc2ccccc2c1)N1CCN2C(=O)[C@@H]3C[C@@H](OCc4ccccc4)CN3C(=O)C2C1. The lowest BCUT2D eigenvalue weighted by atomic mass is 9.96. The first-order valence-electron chi connectivity index (χ1n) is 14.9. The van der Waals surface area contributed by atoms with E-state index in [4.69, 9.17) is 4.74 Å². The van der Waals surface area contributed by atoms with E-state index in [1.165, 1.54) is 0 Å². The maximum Gasteiger partial charge on any atom is 0.247 e. The van der Waals surface area contributed by atoms with Crippen molar-refractivity contribution in [3.05, 3.63) is 114 Å². The number of hydrogen-bond donors (Lipinski definition) is 1. The number of nitrogens with zero attached hydrogens (tertiary/aromatic N) is 3. The van der Waals surface area contributed by atoms with E-state index in [9.17, 15) is 14.4 Å². The number of carbonyl (C=O) groups excluding carboxylic acids is 3. The topological polar surface area (TPSA) is 82.2 Å². The molecule has 0 spiro atoms. The number of carbonyl (C=O) groups is 3. The Morgan fingerprint density at radius 2 is 1.47 bits per heavy atom. The van der Waals surface area contributed by atoms with E-state index in [0.717, 1.165) is 21.9 Å². The van der Waals surface area contributed by atoms with E-state index in [1.54, 1.807) is 9.80 Å². The predicted octanol–water partition coefficient (Wildman–Crippen LogP) is 4.23. The first-order chi connectivity index (χ1) is 21.0. The summed E-state index contributed by atoms with van der Waals surface area (Å²) in [7, 11) is 0. The highest BCUT2D eigenvalue weighted by Crippen LogP contribution is 2.34. The van der Waals surface area contributed by atoms with E-state index in [0.29, 0.717) is 38.3 Å². The molecule has 3 saturated heterocycles. The first kappa shape index (κ1) is 27.3. The highest BCUT2D eigenvalue weighted by atomic mass is 16.5. The zero-order chi connectivity index (χ0) is 29.3. The highest BCUT2D eigenvalue weighted by Gasteiger charge is 2.53. The molecule has 3 aliphatic heterocycles.